The van der Waals surface area contributed by atoms with Gasteiger partial charge in [-0.15, -0.1) is 0 Å². The molecule has 1 aromatic rings. The molecule has 0 aliphatic carbocycles. The standard InChI is InChI=1S/C19H26N4O/c1-4-6-7-15-18(13(3)5-2)22-16(12-21-15)14-8-9-17-19(23-14)20-10-11-24-17/h4,6-9,16,21-22H,5,10-12H2,1-3H3,(H,20,23)/b6-4-,15-7+,18-13+. The second kappa shape index (κ2) is 7.43. The van der Waals surface area contributed by atoms with Crippen LogP contribution in [0, 0.1) is 0 Å². The van der Waals surface area contributed by atoms with Crippen molar-refractivity contribution in [3.05, 3.63) is 53.0 Å². The van der Waals surface area contributed by atoms with Gasteiger partial charge >= 0.3 is 0 Å². The molecule has 5 heteroatoms. The molecule has 2 aliphatic heterocycles. The molecule has 0 saturated carbocycles. The Morgan fingerprint density at radius 1 is 1.38 bits per heavy atom. The molecule has 1 unspecified atom stereocenters. The smallest absolute Gasteiger partial charge is 0.169 e. The molecule has 1 saturated heterocycles. The molecular weight excluding hydrogens is 300 g/mol. The molecule has 1 atom stereocenters. The van der Waals surface area contributed by atoms with E-state index in [0.29, 0.717) is 6.61 Å². The summed E-state index contributed by atoms with van der Waals surface area (Å²) in [5.74, 6) is 1.68. The highest BCUT2D eigenvalue weighted by Gasteiger charge is 2.24. The van der Waals surface area contributed by atoms with E-state index in [-0.39, 0.29) is 6.04 Å². The van der Waals surface area contributed by atoms with Crippen molar-refractivity contribution in [2.75, 3.05) is 25.0 Å². The quantitative estimate of drug-likeness (QED) is 0.796. The third-order valence-electron chi connectivity index (χ3n) is 4.39. The molecule has 0 aromatic carbocycles. The van der Waals surface area contributed by atoms with Crippen molar-refractivity contribution in [1.29, 1.82) is 0 Å². The fraction of sp³-hybridized carbons (Fsp3) is 0.421. The molecule has 1 aromatic heterocycles. The van der Waals surface area contributed by atoms with Gasteiger partial charge in [-0.1, -0.05) is 19.1 Å². The minimum atomic E-state index is 0.137. The molecular formula is C19H26N4O. The van der Waals surface area contributed by atoms with E-state index in [1.54, 1.807) is 0 Å². The Balaban J connectivity index is 1.86. The van der Waals surface area contributed by atoms with E-state index >= 15 is 0 Å². The van der Waals surface area contributed by atoms with Crippen LogP contribution in [0.3, 0.4) is 0 Å². The van der Waals surface area contributed by atoms with Crippen molar-refractivity contribution in [3.63, 3.8) is 0 Å². The highest BCUT2D eigenvalue weighted by molar-refractivity contribution is 5.52. The van der Waals surface area contributed by atoms with Crippen molar-refractivity contribution in [2.45, 2.75) is 33.2 Å². The lowest BCUT2D eigenvalue weighted by Gasteiger charge is -2.32. The first kappa shape index (κ1) is 16.4. The van der Waals surface area contributed by atoms with Crippen LogP contribution in [0.1, 0.15) is 38.9 Å². The summed E-state index contributed by atoms with van der Waals surface area (Å²) in [5, 5.41) is 10.5. The van der Waals surface area contributed by atoms with E-state index in [4.69, 9.17) is 9.72 Å². The van der Waals surface area contributed by atoms with Crippen LogP contribution >= 0.6 is 0 Å². The number of nitrogens with one attached hydrogen (secondary N) is 3. The number of rotatable bonds is 3. The average molecular weight is 326 g/mol. The van der Waals surface area contributed by atoms with Crippen LogP contribution in [0.2, 0.25) is 0 Å². The lowest BCUT2D eigenvalue weighted by Crippen LogP contribution is -2.40. The molecule has 24 heavy (non-hydrogen) atoms. The van der Waals surface area contributed by atoms with E-state index in [2.05, 4.69) is 41.9 Å². The molecule has 0 bridgehead atoms. The molecule has 1 fully saturated rings. The second-order valence-corrected chi connectivity index (χ2v) is 6.05. The minimum Gasteiger partial charge on any atom is -0.488 e. The van der Waals surface area contributed by atoms with Gasteiger partial charge in [0, 0.05) is 6.54 Å². The Labute approximate surface area is 143 Å². The Kier molecular flexibility index (Phi) is 5.08. The van der Waals surface area contributed by atoms with Crippen LogP contribution in [0.25, 0.3) is 0 Å². The molecule has 3 N–H and O–H groups in total. The van der Waals surface area contributed by atoms with E-state index < -0.39 is 0 Å². The zero-order valence-corrected chi connectivity index (χ0v) is 14.6. The number of nitrogens with zero attached hydrogens (tertiary/aromatic N) is 1. The van der Waals surface area contributed by atoms with Crippen molar-refractivity contribution in [2.24, 2.45) is 0 Å². The minimum absolute atomic E-state index is 0.137. The first-order chi connectivity index (χ1) is 11.7. The number of ether oxygens (including phenoxy) is 1. The summed E-state index contributed by atoms with van der Waals surface area (Å²) in [7, 11) is 0. The summed E-state index contributed by atoms with van der Waals surface area (Å²) in [5.41, 5.74) is 4.67. The molecule has 5 nitrogen and oxygen atoms in total. The summed E-state index contributed by atoms with van der Waals surface area (Å²) in [6, 6.07) is 4.19. The van der Waals surface area contributed by atoms with Gasteiger partial charge in [0.05, 0.1) is 29.7 Å². The van der Waals surface area contributed by atoms with Gasteiger partial charge in [0.15, 0.2) is 11.6 Å². The summed E-state index contributed by atoms with van der Waals surface area (Å²) < 4.78 is 5.62. The maximum absolute atomic E-state index is 5.62. The van der Waals surface area contributed by atoms with Crippen molar-refractivity contribution in [1.82, 2.24) is 15.6 Å². The number of piperazine rings is 1. The highest BCUT2D eigenvalue weighted by atomic mass is 16.5. The first-order valence-electron chi connectivity index (χ1n) is 8.64. The lowest BCUT2D eigenvalue weighted by molar-refractivity contribution is 0.320. The topological polar surface area (TPSA) is 58.2 Å². The zero-order valence-electron chi connectivity index (χ0n) is 14.6. The lowest BCUT2D eigenvalue weighted by atomic mass is 10.0. The molecule has 2 aliphatic rings. The zero-order chi connectivity index (χ0) is 16.9. The van der Waals surface area contributed by atoms with Gasteiger partial charge in [0.1, 0.15) is 6.61 Å². The van der Waals surface area contributed by atoms with Crippen LogP contribution in [0.4, 0.5) is 5.82 Å². The summed E-state index contributed by atoms with van der Waals surface area (Å²) in [6.45, 7) is 8.68. The van der Waals surface area contributed by atoms with Gasteiger partial charge in [0.2, 0.25) is 0 Å². The van der Waals surface area contributed by atoms with E-state index in [9.17, 15) is 0 Å². The van der Waals surface area contributed by atoms with Gasteiger partial charge in [-0.3, -0.25) is 0 Å². The first-order valence-corrected chi connectivity index (χ1v) is 8.64. The van der Waals surface area contributed by atoms with Crippen LogP contribution in [-0.2, 0) is 0 Å². The van der Waals surface area contributed by atoms with Crippen LogP contribution in [-0.4, -0.2) is 24.7 Å². The fourth-order valence-electron chi connectivity index (χ4n) is 2.88. The largest absolute Gasteiger partial charge is 0.488 e. The summed E-state index contributed by atoms with van der Waals surface area (Å²) >= 11 is 0. The van der Waals surface area contributed by atoms with Crippen molar-refractivity contribution >= 4 is 5.82 Å². The number of aromatic nitrogens is 1. The molecule has 0 spiro atoms. The van der Waals surface area contributed by atoms with Crippen LogP contribution in [0.5, 0.6) is 5.75 Å². The predicted octanol–water partition coefficient (Wildman–Crippen LogP) is 3.26. The van der Waals surface area contributed by atoms with Crippen molar-refractivity contribution in [3.8, 4) is 5.75 Å². The molecule has 0 radical (unpaired) electrons. The molecule has 128 valence electrons. The number of hydrogen-bond donors (Lipinski definition) is 3. The molecule has 3 heterocycles. The Morgan fingerprint density at radius 2 is 2.25 bits per heavy atom. The monoisotopic (exact) mass is 326 g/mol. The van der Waals surface area contributed by atoms with Gasteiger partial charge in [-0.05, 0) is 44.1 Å². The number of fused-ring (bicyclic) bond motifs is 1. The fourth-order valence-corrected chi connectivity index (χ4v) is 2.88. The van der Waals surface area contributed by atoms with E-state index in [1.807, 2.05) is 25.1 Å². The number of anilines is 1. The van der Waals surface area contributed by atoms with E-state index in [1.165, 1.54) is 11.3 Å². The predicted molar refractivity (Wildman–Crippen MR) is 98.0 cm³/mol. The Hall–Kier alpha value is -2.43. The average Bonchev–Trinajstić information content (AvgIpc) is 2.65. The number of hydrogen-bond acceptors (Lipinski definition) is 5. The van der Waals surface area contributed by atoms with E-state index in [0.717, 1.165) is 42.5 Å². The maximum Gasteiger partial charge on any atom is 0.169 e. The Morgan fingerprint density at radius 3 is 3.04 bits per heavy atom. The third-order valence-corrected chi connectivity index (χ3v) is 4.39. The van der Waals surface area contributed by atoms with Crippen LogP contribution < -0.4 is 20.7 Å². The van der Waals surface area contributed by atoms with Gasteiger partial charge in [-0.2, -0.15) is 0 Å². The second-order valence-electron chi connectivity index (χ2n) is 6.05. The molecule has 3 rings (SSSR count). The van der Waals surface area contributed by atoms with Gasteiger partial charge in [0.25, 0.3) is 0 Å². The van der Waals surface area contributed by atoms with Crippen molar-refractivity contribution < 1.29 is 4.74 Å². The normalized spacial score (nSPS) is 23.8. The van der Waals surface area contributed by atoms with Gasteiger partial charge in [-0.25, -0.2) is 4.98 Å². The molecule has 0 amide bonds. The maximum atomic E-state index is 5.62. The van der Waals surface area contributed by atoms with Crippen LogP contribution in [0.15, 0.2) is 47.3 Å². The summed E-state index contributed by atoms with van der Waals surface area (Å²) in [6.07, 6.45) is 7.23. The number of allylic oxidation sites excluding steroid dienone is 4. The third kappa shape index (κ3) is 3.40. The Bertz CT molecular complexity index is 691. The highest BCUT2D eigenvalue weighted by Crippen LogP contribution is 2.29. The SMILES string of the molecule is C\C=C/C=C1/NCC(c2ccc3c(n2)NCCO3)N/C1=C(\C)CC. The number of pyridine rings is 1. The summed E-state index contributed by atoms with van der Waals surface area (Å²) in [4.78, 5) is 4.75. The van der Waals surface area contributed by atoms with Gasteiger partial charge < -0.3 is 20.7 Å².